The van der Waals surface area contributed by atoms with Gasteiger partial charge in [-0.15, -0.1) is 10.2 Å². The van der Waals surface area contributed by atoms with E-state index in [4.69, 9.17) is 5.14 Å². The first kappa shape index (κ1) is 17.3. The van der Waals surface area contributed by atoms with E-state index in [2.05, 4.69) is 24.0 Å². The predicted molar refractivity (Wildman–Crippen MR) is 102 cm³/mol. The quantitative estimate of drug-likeness (QED) is 0.741. The summed E-state index contributed by atoms with van der Waals surface area (Å²) in [5.74, 6) is 0.561. The van der Waals surface area contributed by atoms with Crippen molar-refractivity contribution in [2.45, 2.75) is 30.6 Å². The normalized spacial score (nSPS) is 21.5. The average molecular weight is 386 g/mol. The summed E-state index contributed by atoms with van der Waals surface area (Å²) in [6, 6.07) is 16.9. The van der Waals surface area contributed by atoms with Crippen LogP contribution in [0.2, 0.25) is 0 Å². The molecule has 2 atom stereocenters. The number of hydrogen-bond donors (Lipinski definition) is 1. The van der Waals surface area contributed by atoms with Crippen LogP contribution in [-0.4, -0.2) is 18.6 Å². The van der Waals surface area contributed by atoms with Crippen LogP contribution in [0.4, 0.5) is 0 Å². The van der Waals surface area contributed by atoms with Gasteiger partial charge in [0, 0.05) is 11.5 Å². The zero-order valence-electron chi connectivity index (χ0n) is 14.5. The van der Waals surface area contributed by atoms with Crippen LogP contribution in [-0.2, 0) is 10.0 Å². The summed E-state index contributed by atoms with van der Waals surface area (Å²) in [6.07, 6.45) is 0. The highest BCUT2D eigenvalue weighted by Gasteiger charge is 2.60. The summed E-state index contributed by atoms with van der Waals surface area (Å²) >= 11 is 1.63. The maximum Gasteiger partial charge on any atom is 0.238 e. The lowest BCUT2D eigenvalue weighted by Crippen LogP contribution is -2.11. The van der Waals surface area contributed by atoms with Crippen molar-refractivity contribution in [2.24, 2.45) is 10.6 Å². The Hall–Kier alpha value is -2.09. The van der Waals surface area contributed by atoms with E-state index in [-0.39, 0.29) is 22.1 Å². The molecule has 1 fully saturated rings. The fourth-order valence-electron chi connectivity index (χ4n) is 3.64. The number of sulfonamides is 1. The molecule has 1 heterocycles. The van der Waals surface area contributed by atoms with E-state index >= 15 is 0 Å². The molecular weight excluding hydrogens is 366 g/mol. The second-order valence-corrected chi connectivity index (χ2v) is 9.77. The van der Waals surface area contributed by atoms with Crippen molar-refractivity contribution in [1.82, 2.24) is 10.2 Å². The Labute approximate surface area is 157 Å². The van der Waals surface area contributed by atoms with Gasteiger partial charge >= 0.3 is 0 Å². The third kappa shape index (κ3) is 2.96. The molecule has 1 aliphatic carbocycles. The first-order valence-corrected chi connectivity index (χ1v) is 10.7. The second-order valence-electron chi connectivity index (χ2n) is 7.20. The Morgan fingerprint density at radius 1 is 0.962 bits per heavy atom. The summed E-state index contributed by atoms with van der Waals surface area (Å²) in [5, 5.41) is 15.9. The third-order valence-electron chi connectivity index (χ3n) is 5.12. The van der Waals surface area contributed by atoms with E-state index in [9.17, 15) is 8.42 Å². The minimum atomic E-state index is -3.67. The molecule has 5 nitrogen and oxygen atoms in total. The standard InChI is InChI=1S/C19H19N3O2S2/c1-19(2)15(12-8-10-14(11-9-12)26(20,23)24)16(19)18-22-21-17(25-18)13-6-4-3-5-7-13/h3-11,15-16H,1-2H3,(H2,20,23,24)/t15-,16+/m1/s1. The highest BCUT2D eigenvalue weighted by molar-refractivity contribution is 7.89. The molecule has 0 radical (unpaired) electrons. The molecule has 0 aliphatic heterocycles. The number of benzene rings is 2. The molecule has 2 N–H and O–H groups in total. The fourth-order valence-corrected chi connectivity index (χ4v) is 5.34. The van der Waals surface area contributed by atoms with Crippen molar-refractivity contribution in [3.63, 3.8) is 0 Å². The molecule has 134 valence electrons. The van der Waals surface area contributed by atoms with E-state index < -0.39 is 10.0 Å². The van der Waals surface area contributed by atoms with Gasteiger partial charge in [-0.2, -0.15) is 0 Å². The molecular formula is C19H19N3O2S2. The van der Waals surface area contributed by atoms with Gasteiger partial charge in [-0.1, -0.05) is 67.6 Å². The summed E-state index contributed by atoms with van der Waals surface area (Å²) in [7, 11) is -3.67. The average Bonchev–Trinajstić information content (AvgIpc) is 2.95. The SMILES string of the molecule is CC1(C)[C@H](c2ccc(S(N)(=O)=O)cc2)[C@H]1c1nnc(-c2ccccc2)s1. The number of aromatic nitrogens is 2. The molecule has 0 amide bonds. The van der Waals surface area contributed by atoms with Gasteiger partial charge < -0.3 is 0 Å². The van der Waals surface area contributed by atoms with Crippen molar-refractivity contribution in [1.29, 1.82) is 0 Å². The van der Waals surface area contributed by atoms with Crippen LogP contribution in [0, 0.1) is 5.41 Å². The molecule has 0 saturated heterocycles. The number of primary sulfonamides is 1. The van der Waals surface area contributed by atoms with Gasteiger partial charge in [0.2, 0.25) is 10.0 Å². The second kappa shape index (κ2) is 5.97. The van der Waals surface area contributed by atoms with E-state index in [1.54, 1.807) is 23.5 Å². The number of nitrogens with two attached hydrogens (primary N) is 1. The molecule has 7 heteroatoms. The molecule has 0 bridgehead atoms. The first-order chi connectivity index (χ1) is 12.3. The minimum absolute atomic E-state index is 0.0522. The van der Waals surface area contributed by atoms with Gasteiger partial charge in [0.15, 0.2) is 0 Å². The molecule has 4 rings (SSSR count). The summed E-state index contributed by atoms with van der Waals surface area (Å²) in [4.78, 5) is 0.138. The molecule has 1 aliphatic rings. The zero-order valence-corrected chi connectivity index (χ0v) is 16.1. The van der Waals surface area contributed by atoms with Crippen LogP contribution >= 0.6 is 11.3 Å². The van der Waals surface area contributed by atoms with E-state index in [1.165, 1.54) is 0 Å². The Morgan fingerprint density at radius 2 is 1.62 bits per heavy atom. The van der Waals surface area contributed by atoms with Crippen LogP contribution in [0.5, 0.6) is 0 Å². The van der Waals surface area contributed by atoms with Gasteiger partial charge in [0.05, 0.1) is 4.90 Å². The number of nitrogens with zero attached hydrogens (tertiary/aromatic N) is 2. The van der Waals surface area contributed by atoms with E-state index in [0.29, 0.717) is 0 Å². The van der Waals surface area contributed by atoms with Gasteiger partial charge in [-0.25, -0.2) is 13.6 Å². The van der Waals surface area contributed by atoms with Crippen molar-refractivity contribution < 1.29 is 8.42 Å². The zero-order chi connectivity index (χ0) is 18.5. The molecule has 0 unspecified atom stereocenters. The summed E-state index contributed by atoms with van der Waals surface area (Å²) in [5.41, 5.74) is 2.23. The van der Waals surface area contributed by atoms with Crippen LogP contribution in [0.1, 0.15) is 36.3 Å². The third-order valence-corrected chi connectivity index (χ3v) is 7.11. The Bertz CT molecular complexity index is 1040. The highest BCUT2D eigenvalue weighted by Crippen LogP contribution is 2.70. The predicted octanol–water partition coefficient (Wildman–Crippen LogP) is 3.76. The van der Waals surface area contributed by atoms with E-state index in [0.717, 1.165) is 21.1 Å². The van der Waals surface area contributed by atoms with Gasteiger partial charge in [-0.05, 0) is 29.0 Å². The van der Waals surface area contributed by atoms with Crippen molar-refractivity contribution >= 4 is 21.4 Å². The maximum absolute atomic E-state index is 11.4. The first-order valence-electron chi connectivity index (χ1n) is 8.30. The van der Waals surface area contributed by atoms with Crippen molar-refractivity contribution in [3.8, 4) is 10.6 Å². The summed E-state index contributed by atoms with van der Waals surface area (Å²) in [6.45, 7) is 4.42. The molecule has 26 heavy (non-hydrogen) atoms. The highest BCUT2D eigenvalue weighted by atomic mass is 32.2. The molecule has 2 aromatic carbocycles. The molecule has 0 spiro atoms. The van der Waals surface area contributed by atoms with Gasteiger partial charge in [0.1, 0.15) is 10.0 Å². The lowest BCUT2D eigenvalue weighted by molar-refractivity contribution is 0.597. The molecule has 3 aromatic rings. The largest absolute Gasteiger partial charge is 0.238 e. The van der Waals surface area contributed by atoms with E-state index in [1.807, 2.05) is 42.5 Å². The van der Waals surface area contributed by atoms with Crippen molar-refractivity contribution in [3.05, 3.63) is 65.2 Å². The van der Waals surface area contributed by atoms with Gasteiger partial charge in [0.25, 0.3) is 0 Å². The van der Waals surface area contributed by atoms with Crippen molar-refractivity contribution in [2.75, 3.05) is 0 Å². The number of hydrogen-bond acceptors (Lipinski definition) is 5. The maximum atomic E-state index is 11.4. The smallest absolute Gasteiger partial charge is 0.225 e. The fraction of sp³-hybridized carbons (Fsp3) is 0.263. The lowest BCUT2D eigenvalue weighted by atomic mass is 10.0. The topological polar surface area (TPSA) is 85.9 Å². The Balaban J connectivity index is 1.62. The number of rotatable bonds is 4. The summed E-state index contributed by atoms with van der Waals surface area (Å²) < 4.78 is 22.9. The molecule has 1 aromatic heterocycles. The van der Waals surface area contributed by atoms with Crippen LogP contribution < -0.4 is 5.14 Å². The van der Waals surface area contributed by atoms with Crippen LogP contribution in [0.25, 0.3) is 10.6 Å². The molecule has 1 saturated carbocycles. The van der Waals surface area contributed by atoms with Crippen LogP contribution in [0.3, 0.4) is 0 Å². The minimum Gasteiger partial charge on any atom is -0.225 e. The lowest BCUT2D eigenvalue weighted by Gasteiger charge is -2.04. The Morgan fingerprint density at radius 3 is 2.23 bits per heavy atom. The van der Waals surface area contributed by atoms with Gasteiger partial charge in [-0.3, -0.25) is 0 Å². The Kier molecular flexibility index (Phi) is 3.98. The monoisotopic (exact) mass is 385 g/mol. The van der Waals surface area contributed by atoms with Crippen LogP contribution in [0.15, 0.2) is 59.5 Å².